The number of aromatic nitrogens is 2. The van der Waals surface area contributed by atoms with Crippen LogP contribution in [0, 0.1) is 24.4 Å². The van der Waals surface area contributed by atoms with E-state index in [9.17, 15) is 22.8 Å². The summed E-state index contributed by atoms with van der Waals surface area (Å²) < 4.78 is 39.9. The van der Waals surface area contributed by atoms with Gasteiger partial charge in [-0.2, -0.15) is 4.98 Å². The third-order valence-electron chi connectivity index (χ3n) is 6.26. The molecular formula is C22H25F3N6O2. The fourth-order valence-electron chi connectivity index (χ4n) is 4.13. The van der Waals surface area contributed by atoms with Crippen LogP contribution >= 0.6 is 0 Å². The van der Waals surface area contributed by atoms with Crippen molar-refractivity contribution in [3.8, 4) is 0 Å². The highest BCUT2D eigenvalue weighted by atomic mass is 19.2. The average molecular weight is 462 g/mol. The fourth-order valence-corrected chi connectivity index (χ4v) is 4.13. The van der Waals surface area contributed by atoms with Gasteiger partial charge in [-0.1, -0.05) is 0 Å². The monoisotopic (exact) mass is 462 g/mol. The van der Waals surface area contributed by atoms with Crippen molar-refractivity contribution in [2.45, 2.75) is 57.7 Å². The van der Waals surface area contributed by atoms with E-state index in [0.29, 0.717) is 48.1 Å². The van der Waals surface area contributed by atoms with Gasteiger partial charge < -0.3 is 20.9 Å². The zero-order valence-electron chi connectivity index (χ0n) is 18.5. The second kappa shape index (κ2) is 8.87. The molecule has 33 heavy (non-hydrogen) atoms. The Morgan fingerprint density at radius 1 is 1.09 bits per heavy atom. The van der Waals surface area contributed by atoms with Crippen molar-refractivity contribution in [2.24, 2.45) is 0 Å². The number of fused-ring (bicyclic) bond motifs is 1. The fraction of sp³-hybridized carbons (Fsp3) is 0.455. The number of nitrogens with zero attached hydrogens (tertiary/aromatic N) is 3. The number of nitrogens with one attached hydrogen (secondary N) is 3. The summed E-state index contributed by atoms with van der Waals surface area (Å²) in [5.74, 6) is -4.02. The average Bonchev–Trinajstić information content (AvgIpc) is 2.78. The molecule has 0 spiro atoms. The van der Waals surface area contributed by atoms with Crippen LogP contribution in [0.25, 0.3) is 0 Å². The zero-order chi connectivity index (χ0) is 23.9. The molecule has 3 N–H and O–H groups in total. The number of benzene rings is 1. The maximum Gasteiger partial charge on any atom is 0.251 e. The highest BCUT2D eigenvalue weighted by Crippen LogP contribution is 2.32. The number of hydrogen-bond donors (Lipinski definition) is 3. The maximum atomic E-state index is 13.4. The van der Waals surface area contributed by atoms with Gasteiger partial charge in [-0.25, -0.2) is 18.2 Å². The maximum absolute atomic E-state index is 13.4. The van der Waals surface area contributed by atoms with Gasteiger partial charge in [0.25, 0.3) is 5.91 Å². The van der Waals surface area contributed by atoms with E-state index >= 15 is 0 Å². The van der Waals surface area contributed by atoms with E-state index in [0.717, 1.165) is 12.8 Å². The number of anilines is 3. The molecule has 1 aliphatic heterocycles. The molecule has 1 fully saturated rings. The van der Waals surface area contributed by atoms with E-state index in [1.165, 1.54) is 0 Å². The van der Waals surface area contributed by atoms with Gasteiger partial charge >= 0.3 is 0 Å². The molecular weight excluding hydrogens is 437 g/mol. The third kappa shape index (κ3) is 4.57. The first-order valence-corrected chi connectivity index (χ1v) is 10.8. The van der Waals surface area contributed by atoms with Gasteiger partial charge in [-0.3, -0.25) is 9.59 Å². The molecule has 2 aliphatic rings. The van der Waals surface area contributed by atoms with Crippen molar-refractivity contribution in [1.82, 2.24) is 15.3 Å². The third-order valence-corrected chi connectivity index (χ3v) is 6.26. The number of halogens is 3. The first-order chi connectivity index (χ1) is 15.6. The van der Waals surface area contributed by atoms with Crippen molar-refractivity contribution >= 4 is 29.3 Å². The summed E-state index contributed by atoms with van der Waals surface area (Å²) in [5, 5.41) is 8.93. The van der Waals surface area contributed by atoms with E-state index in [-0.39, 0.29) is 29.6 Å². The van der Waals surface area contributed by atoms with Crippen molar-refractivity contribution in [2.75, 3.05) is 22.6 Å². The summed E-state index contributed by atoms with van der Waals surface area (Å²) in [6.45, 7) is 3.61. The van der Waals surface area contributed by atoms with Crippen molar-refractivity contribution < 1.29 is 22.8 Å². The minimum atomic E-state index is -1.60. The van der Waals surface area contributed by atoms with Crippen LogP contribution in [-0.4, -0.2) is 47.0 Å². The lowest BCUT2D eigenvalue weighted by Crippen LogP contribution is -2.45. The van der Waals surface area contributed by atoms with E-state index in [1.807, 2.05) is 18.9 Å². The smallest absolute Gasteiger partial charge is 0.251 e. The lowest BCUT2D eigenvalue weighted by Gasteiger charge is -2.33. The van der Waals surface area contributed by atoms with Gasteiger partial charge in [-0.05, 0) is 51.7 Å². The molecule has 1 aliphatic carbocycles. The molecule has 0 bridgehead atoms. The molecule has 1 aromatic heterocycles. The van der Waals surface area contributed by atoms with Crippen LogP contribution in [0.2, 0.25) is 0 Å². The number of rotatable bonds is 4. The molecule has 8 nitrogen and oxygen atoms in total. The Labute approximate surface area is 189 Å². The summed E-state index contributed by atoms with van der Waals surface area (Å²) in [5.41, 5.74) is 1.01. The Hall–Kier alpha value is -3.37. The number of amides is 2. The van der Waals surface area contributed by atoms with E-state index in [2.05, 4.69) is 25.9 Å². The van der Waals surface area contributed by atoms with Crippen LogP contribution in [0.3, 0.4) is 0 Å². The quantitative estimate of drug-likeness (QED) is 0.604. The number of aryl methyl sites for hydroxylation is 1. The van der Waals surface area contributed by atoms with E-state index in [1.54, 1.807) is 6.92 Å². The predicted molar refractivity (Wildman–Crippen MR) is 117 cm³/mol. The molecule has 2 amide bonds. The Kier molecular flexibility index (Phi) is 6.13. The highest BCUT2D eigenvalue weighted by molar-refractivity contribution is 6.03. The van der Waals surface area contributed by atoms with Gasteiger partial charge in [0, 0.05) is 24.7 Å². The number of carbonyl (C=O) groups excluding carboxylic acids is 2. The van der Waals surface area contributed by atoms with Crippen molar-refractivity contribution in [3.05, 3.63) is 40.8 Å². The highest BCUT2D eigenvalue weighted by Gasteiger charge is 2.31. The summed E-state index contributed by atoms with van der Waals surface area (Å²) in [6, 6.07) is 0.952. The standard InChI is InChI=1S/C22H25F3N6O2/c1-10-18-19(31(3)11(2)20(32)29-18)30-22(26-10)28-14-6-4-13(5-7-14)27-21(33)12-8-15(23)17(25)16(24)9-12/h8-9,11,13-14H,4-7H2,1-3H3,(H,27,33)(H,29,32)(H,26,28,30)/t11-,13-,14+/m0/s1. The Balaban J connectivity index is 1.36. The summed E-state index contributed by atoms with van der Waals surface area (Å²) >= 11 is 0. The number of hydrogen-bond acceptors (Lipinski definition) is 6. The molecule has 1 atom stereocenters. The summed E-state index contributed by atoms with van der Waals surface area (Å²) in [7, 11) is 1.81. The minimum Gasteiger partial charge on any atom is -0.351 e. The molecule has 0 unspecified atom stereocenters. The predicted octanol–water partition coefficient (Wildman–Crippen LogP) is 3.13. The lowest BCUT2D eigenvalue weighted by molar-refractivity contribution is -0.117. The van der Waals surface area contributed by atoms with Crippen molar-refractivity contribution in [3.63, 3.8) is 0 Å². The van der Waals surface area contributed by atoms with Gasteiger partial charge in [0.05, 0.1) is 5.69 Å². The van der Waals surface area contributed by atoms with Crippen LogP contribution in [0.1, 0.15) is 48.7 Å². The second-order valence-electron chi connectivity index (χ2n) is 8.53. The number of likely N-dealkylation sites (N-methyl/N-ethyl adjacent to an activating group) is 1. The van der Waals surface area contributed by atoms with Gasteiger partial charge in [0.15, 0.2) is 23.3 Å². The van der Waals surface area contributed by atoms with Gasteiger partial charge in [0.2, 0.25) is 11.9 Å². The Bertz CT molecular complexity index is 1080. The molecule has 1 saturated carbocycles. The van der Waals surface area contributed by atoms with Gasteiger partial charge in [0.1, 0.15) is 11.7 Å². The largest absolute Gasteiger partial charge is 0.351 e. The summed E-state index contributed by atoms with van der Waals surface area (Å²) in [6.07, 6.45) is 2.73. The van der Waals surface area contributed by atoms with Crippen LogP contribution < -0.4 is 20.9 Å². The lowest BCUT2D eigenvalue weighted by atomic mass is 9.91. The second-order valence-corrected chi connectivity index (χ2v) is 8.53. The molecule has 0 radical (unpaired) electrons. The molecule has 2 heterocycles. The zero-order valence-corrected chi connectivity index (χ0v) is 18.5. The normalized spacial score (nSPS) is 22.4. The SMILES string of the molecule is Cc1nc(N[C@H]2CC[C@@H](NC(=O)c3cc(F)c(F)c(F)c3)CC2)nc2c1NC(=O)[C@H](C)N2C. The number of carbonyl (C=O) groups is 2. The van der Waals surface area contributed by atoms with E-state index < -0.39 is 23.4 Å². The van der Waals surface area contributed by atoms with Gasteiger partial charge in [-0.15, -0.1) is 0 Å². The van der Waals surface area contributed by atoms with Crippen LogP contribution in [0.4, 0.5) is 30.6 Å². The molecule has 2 aromatic rings. The molecule has 4 rings (SSSR count). The summed E-state index contributed by atoms with van der Waals surface area (Å²) in [4.78, 5) is 35.2. The molecule has 11 heteroatoms. The van der Waals surface area contributed by atoms with Crippen molar-refractivity contribution in [1.29, 1.82) is 0 Å². The Morgan fingerprint density at radius 3 is 2.33 bits per heavy atom. The molecule has 0 saturated heterocycles. The first-order valence-electron chi connectivity index (χ1n) is 10.8. The molecule has 1 aromatic carbocycles. The minimum absolute atomic E-state index is 0.0808. The first kappa shape index (κ1) is 22.8. The molecule has 176 valence electrons. The Morgan fingerprint density at radius 2 is 1.70 bits per heavy atom. The van der Waals surface area contributed by atoms with Crippen LogP contribution in [-0.2, 0) is 4.79 Å². The van der Waals surface area contributed by atoms with Crippen LogP contribution in [0.15, 0.2) is 12.1 Å². The van der Waals surface area contributed by atoms with E-state index in [4.69, 9.17) is 0 Å². The topological polar surface area (TPSA) is 99.2 Å². The van der Waals surface area contributed by atoms with Crippen LogP contribution in [0.5, 0.6) is 0 Å².